The smallest absolute Gasteiger partial charge is 0.262 e. The predicted octanol–water partition coefficient (Wildman–Crippen LogP) is 1.27. The van der Waals surface area contributed by atoms with E-state index in [0.29, 0.717) is 37.3 Å². The molecule has 162 valence electrons. The van der Waals surface area contributed by atoms with Crippen molar-refractivity contribution < 1.29 is 14.4 Å². The number of piperazine rings is 1. The van der Waals surface area contributed by atoms with Crippen molar-refractivity contribution in [3.63, 3.8) is 0 Å². The van der Waals surface area contributed by atoms with Crippen LogP contribution in [0.2, 0.25) is 0 Å². The monoisotopic (exact) mass is 422 g/mol. The molecule has 0 atom stereocenters. The number of benzene rings is 1. The Hall–Kier alpha value is -3.49. The molecule has 2 aromatic rings. The molecule has 4 rings (SSSR count). The summed E-state index contributed by atoms with van der Waals surface area (Å²) in [7, 11) is 0. The Kier molecular flexibility index (Phi) is 5.83. The molecule has 0 N–H and O–H groups in total. The lowest BCUT2D eigenvalue weighted by Gasteiger charge is -2.35. The molecule has 3 heterocycles. The van der Waals surface area contributed by atoms with Crippen molar-refractivity contribution in [3.8, 4) is 0 Å². The highest BCUT2D eigenvalue weighted by Gasteiger charge is 2.37. The zero-order valence-electron chi connectivity index (χ0n) is 17.8. The summed E-state index contributed by atoms with van der Waals surface area (Å²) in [5.74, 6) is 0.594. The van der Waals surface area contributed by atoms with E-state index in [1.54, 1.807) is 29.2 Å². The first-order valence-electron chi connectivity index (χ1n) is 10.6. The molecular formula is C22H26N6O3. The lowest BCUT2D eigenvalue weighted by atomic mass is 10.1. The van der Waals surface area contributed by atoms with Crippen molar-refractivity contribution in [3.05, 3.63) is 47.5 Å². The summed E-state index contributed by atoms with van der Waals surface area (Å²) in [6.07, 6.45) is 0. The fourth-order valence-electron chi connectivity index (χ4n) is 4.01. The Balaban J connectivity index is 1.33. The van der Waals surface area contributed by atoms with Crippen LogP contribution in [0.4, 0.5) is 11.6 Å². The van der Waals surface area contributed by atoms with Crippen LogP contribution >= 0.6 is 0 Å². The number of rotatable bonds is 6. The Bertz CT molecular complexity index is 946. The molecular weight excluding hydrogens is 396 g/mol. The van der Waals surface area contributed by atoms with Crippen LogP contribution in [-0.2, 0) is 4.79 Å². The summed E-state index contributed by atoms with van der Waals surface area (Å²) in [5.41, 5.74) is 0.716. The zero-order valence-corrected chi connectivity index (χ0v) is 17.8. The lowest BCUT2D eigenvalue weighted by molar-refractivity contribution is -0.131. The van der Waals surface area contributed by atoms with Crippen molar-refractivity contribution in [1.29, 1.82) is 0 Å². The number of anilines is 2. The van der Waals surface area contributed by atoms with Crippen LogP contribution in [-0.4, -0.2) is 83.5 Å². The Morgan fingerprint density at radius 3 is 2.03 bits per heavy atom. The maximum atomic E-state index is 12.8. The zero-order chi connectivity index (χ0) is 22.0. The Morgan fingerprint density at radius 1 is 0.903 bits per heavy atom. The van der Waals surface area contributed by atoms with Gasteiger partial charge in [0.15, 0.2) is 11.6 Å². The predicted molar refractivity (Wildman–Crippen MR) is 116 cm³/mol. The molecule has 1 aromatic heterocycles. The molecule has 9 heteroatoms. The van der Waals surface area contributed by atoms with Crippen molar-refractivity contribution in [1.82, 2.24) is 20.0 Å². The molecule has 0 unspecified atom stereocenters. The summed E-state index contributed by atoms with van der Waals surface area (Å²) >= 11 is 0. The Labute approximate surface area is 181 Å². The number of aromatic nitrogens is 2. The van der Waals surface area contributed by atoms with Crippen molar-refractivity contribution >= 4 is 29.4 Å². The number of amides is 3. The van der Waals surface area contributed by atoms with E-state index in [4.69, 9.17) is 0 Å². The van der Waals surface area contributed by atoms with E-state index in [2.05, 4.69) is 33.8 Å². The van der Waals surface area contributed by atoms with Crippen LogP contribution in [0.15, 0.2) is 36.4 Å². The number of imide groups is 1. The molecule has 9 nitrogen and oxygen atoms in total. The second kappa shape index (κ2) is 8.71. The van der Waals surface area contributed by atoms with E-state index < -0.39 is 11.8 Å². The van der Waals surface area contributed by atoms with Crippen LogP contribution < -0.4 is 9.80 Å². The van der Waals surface area contributed by atoms with E-state index in [0.717, 1.165) is 29.6 Å². The minimum Gasteiger partial charge on any atom is -0.356 e. The van der Waals surface area contributed by atoms with Crippen LogP contribution in [0.5, 0.6) is 0 Å². The van der Waals surface area contributed by atoms with Crippen molar-refractivity contribution in [2.45, 2.75) is 13.8 Å². The average Bonchev–Trinajstić information content (AvgIpc) is 3.05. The minimum atomic E-state index is -0.406. The normalized spacial score (nSPS) is 16.0. The first kappa shape index (κ1) is 20.8. The van der Waals surface area contributed by atoms with E-state index in [9.17, 15) is 14.4 Å². The highest BCUT2D eigenvalue weighted by molar-refractivity contribution is 6.22. The summed E-state index contributed by atoms with van der Waals surface area (Å²) in [5, 5.41) is 8.68. The fourth-order valence-corrected chi connectivity index (χ4v) is 4.01. The largest absolute Gasteiger partial charge is 0.356 e. The highest BCUT2D eigenvalue weighted by atomic mass is 16.2. The summed E-state index contributed by atoms with van der Waals surface area (Å²) in [6, 6.07) is 10.6. The van der Waals surface area contributed by atoms with E-state index in [1.807, 2.05) is 12.1 Å². The summed E-state index contributed by atoms with van der Waals surface area (Å²) < 4.78 is 0. The van der Waals surface area contributed by atoms with Crippen LogP contribution in [0, 0.1) is 0 Å². The van der Waals surface area contributed by atoms with E-state index in [-0.39, 0.29) is 12.5 Å². The van der Waals surface area contributed by atoms with Gasteiger partial charge in [-0.1, -0.05) is 12.1 Å². The summed E-state index contributed by atoms with van der Waals surface area (Å²) in [6.45, 7) is 7.92. The van der Waals surface area contributed by atoms with Crippen molar-refractivity contribution in [2.24, 2.45) is 0 Å². The number of nitrogens with zero attached hydrogens (tertiary/aromatic N) is 6. The molecule has 2 aliphatic heterocycles. The van der Waals surface area contributed by atoms with Gasteiger partial charge < -0.3 is 14.7 Å². The summed E-state index contributed by atoms with van der Waals surface area (Å²) in [4.78, 5) is 44.7. The molecule has 0 saturated carbocycles. The van der Waals surface area contributed by atoms with Crippen molar-refractivity contribution in [2.75, 3.05) is 55.6 Å². The molecule has 0 aliphatic carbocycles. The molecule has 0 spiro atoms. The van der Waals surface area contributed by atoms with Gasteiger partial charge in [0.05, 0.1) is 11.1 Å². The third kappa shape index (κ3) is 3.95. The van der Waals surface area contributed by atoms with E-state index >= 15 is 0 Å². The van der Waals surface area contributed by atoms with Gasteiger partial charge in [0, 0.05) is 39.3 Å². The topological polar surface area (TPSA) is 90.0 Å². The maximum Gasteiger partial charge on any atom is 0.262 e. The lowest BCUT2D eigenvalue weighted by Crippen LogP contribution is -2.52. The van der Waals surface area contributed by atoms with Gasteiger partial charge in [-0.2, -0.15) is 0 Å². The third-order valence-corrected chi connectivity index (χ3v) is 5.85. The first-order chi connectivity index (χ1) is 15.0. The molecule has 0 bridgehead atoms. The third-order valence-electron chi connectivity index (χ3n) is 5.85. The van der Waals surface area contributed by atoms with Gasteiger partial charge >= 0.3 is 0 Å². The molecule has 1 fully saturated rings. The number of fused-ring (bicyclic) bond motifs is 1. The second-order valence-electron chi connectivity index (χ2n) is 7.53. The van der Waals surface area contributed by atoms with Gasteiger partial charge in [0.25, 0.3) is 11.8 Å². The first-order valence-corrected chi connectivity index (χ1v) is 10.6. The number of hydrogen-bond donors (Lipinski definition) is 0. The second-order valence-corrected chi connectivity index (χ2v) is 7.53. The standard InChI is InChI=1S/C22H26N6O3/c1-3-25(4-2)18-9-10-19(24-23-18)26-11-13-27(14-12-26)20(29)15-28-21(30)16-7-5-6-8-17(16)22(28)31/h5-10H,3-4,11-15H2,1-2H3. The van der Waals surface area contributed by atoms with Crippen LogP contribution in [0.1, 0.15) is 34.6 Å². The van der Waals surface area contributed by atoms with Gasteiger partial charge in [0.2, 0.25) is 5.91 Å². The highest BCUT2D eigenvalue weighted by Crippen LogP contribution is 2.23. The quantitative estimate of drug-likeness (QED) is 0.648. The maximum absolute atomic E-state index is 12.8. The molecule has 3 amide bonds. The molecule has 1 aromatic carbocycles. The molecule has 1 saturated heterocycles. The van der Waals surface area contributed by atoms with Gasteiger partial charge in [-0.05, 0) is 38.1 Å². The number of carbonyl (C=O) groups excluding carboxylic acids is 3. The van der Waals surface area contributed by atoms with Gasteiger partial charge in [-0.3, -0.25) is 19.3 Å². The van der Waals surface area contributed by atoms with Gasteiger partial charge in [-0.25, -0.2) is 0 Å². The van der Waals surface area contributed by atoms with Crippen LogP contribution in [0.25, 0.3) is 0 Å². The fraction of sp³-hybridized carbons (Fsp3) is 0.409. The Morgan fingerprint density at radius 2 is 1.52 bits per heavy atom. The molecule has 31 heavy (non-hydrogen) atoms. The van der Waals surface area contributed by atoms with E-state index in [1.165, 1.54) is 0 Å². The molecule has 0 radical (unpaired) electrons. The van der Waals surface area contributed by atoms with Gasteiger partial charge in [0.1, 0.15) is 6.54 Å². The average molecular weight is 422 g/mol. The van der Waals surface area contributed by atoms with Gasteiger partial charge in [-0.15, -0.1) is 10.2 Å². The minimum absolute atomic E-state index is 0.225. The number of carbonyl (C=O) groups is 3. The number of hydrogen-bond acceptors (Lipinski definition) is 7. The molecule has 2 aliphatic rings. The SMILES string of the molecule is CCN(CC)c1ccc(N2CCN(C(=O)CN3C(=O)c4ccccc4C3=O)CC2)nn1. The van der Waals surface area contributed by atoms with Crippen LogP contribution in [0.3, 0.4) is 0 Å².